The highest BCUT2D eigenvalue weighted by molar-refractivity contribution is 7.18. The second-order valence-corrected chi connectivity index (χ2v) is 7.73. The zero-order valence-corrected chi connectivity index (χ0v) is 15.2. The fourth-order valence-corrected chi connectivity index (χ4v) is 3.52. The molecule has 1 unspecified atom stereocenters. The highest BCUT2D eigenvalue weighted by Gasteiger charge is 2.32. The summed E-state index contributed by atoms with van der Waals surface area (Å²) in [5.74, 6) is -0.962. The first-order chi connectivity index (χ1) is 11.3. The minimum Gasteiger partial charge on any atom is -0.481 e. The van der Waals surface area contributed by atoms with Crippen molar-refractivity contribution in [2.45, 2.75) is 52.0 Å². The first kappa shape index (κ1) is 18.4. The van der Waals surface area contributed by atoms with Crippen molar-refractivity contribution in [3.8, 4) is 0 Å². The Balaban J connectivity index is 1.87. The second kappa shape index (κ2) is 7.75. The molecule has 1 atom stereocenters. The van der Waals surface area contributed by atoms with Gasteiger partial charge in [-0.2, -0.15) is 0 Å². The molecule has 0 bridgehead atoms. The van der Waals surface area contributed by atoms with Gasteiger partial charge in [-0.1, -0.05) is 26.0 Å². The predicted molar refractivity (Wildman–Crippen MR) is 96.2 cm³/mol. The van der Waals surface area contributed by atoms with Crippen molar-refractivity contribution in [1.29, 1.82) is 0 Å². The molecular formula is C18H24N2O3S. The number of aromatic nitrogens is 1. The molecule has 1 aromatic heterocycles. The fourth-order valence-electron chi connectivity index (χ4n) is 2.51. The molecule has 2 rings (SSSR count). The van der Waals surface area contributed by atoms with Crippen LogP contribution in [-0.4, -0.2) is 27.5 Å². The highest BCUT2D eigenvalue weighted by atomic mass is 32.1. The van der Waals surface area contributed by atoms with E-state index in [0.29, 0.717) is 12.8 Å². The molecule has 6 heteroatoms. The molecule has 0 aliphatic carbocycles. The van der Waals surface area contributed by atoms with Crippen molar-refractivity contribution in [3.63, 3.8) is 0 Å². The van der Waals surface area contributed by atoms with Gasteiger partial charge in [0.2, 0.25) is 5.91 Å². The van der Waals surface area contributed by atoms with Gasteiger partial charge in [-0.15, -0.1) is 11.3 Å². The van der Waals surface area contributed by atoms with Crippen molar-refractivity contribution in [3.05, 3.63) is 29.3 Å². The lowest BCUT2D eigenvalue weighted by atomic mass is 9.85. The number of carboxylic acids is 1. The van der Waals surface area contributed by atoms with Gasteiger partial charge in [-0.25, -0.2) is 4.98 Å². The minimum atomic E-state index is -0.902. The van der Waals surface area contributed by atoms with Gasteiger partial charge >= 0.3 is 5.97 Å². The number of nitrogens with one attached hydrogen (secondary N) is 1. The maximum atomic E-state index is 12.2. The summed E-state index contributed by atoms with van der Waals surface area (Å²) >= 11 is 1.65. The molecule has 24 heavy (non-hydrogen) atoms. The number of benzene rings is 1. The predicted octanol–water partition coefficient (Wildman–Crippen LogP) is 3.62. The number of carboxylic acid groups (broad SMARTS) is 1. The quantitative estimate of drug-likeness (QED) is 0.763. The van der Waals surface area contributed by atoms with Gasteiger partial charge < -0.3 is 10.4 Å². The summed E-state index contributed by atoms with van der Waals surface area (Å²) in [6.45, 7) is 5.63. The number of aliphatic carboxylic acids is 1. The smallest absolute Gasteiger partial charge is 0.305 e. The molecule has 1 heterocycles. The number of aryl methyl sites for hydroxylation is 1. The van der Waals surface area contributed by atoms with Crippen molar-refractivity contribution >= 4 is 33.4 Å². The lowest BCUT2D eigenvalue weighted by Gasteiger charge is -2.33. The number of hydrogen-bond acceptors (Lipinski definition) is 4. The number of carbonyl (C=O) groups is 2. The molecule has 2 aromatic rings. The summed E-state index contributed by atoms with van der Waals surface area (Å²) in [6, 6.07) is 7.99. The SMILES string of the molecule is CC(C)C(C)(CC(=O)O)NC(=O)CCCc1nc2ccccc2s1. The number of thiazole rings is 1. The van der Waals surface area contributed by atoms with E-state index in [4.69, 9.17) is 5.11 Å². The van der Waals surface area contributed by atoms with Gasteiger partial charge in [0.05, 0.1) is 21.6 Å². The van der Waals surface area contributed by atoms with E-state index < -0.39 is 11.5 Å². The van der Waals surface area contributed by atoms with E-state index in [1.807, 2.05) is 38.1 Å². The summed E-state index contributed by atoms with van der Waals surface area (Å²) in [5.41, 5.74) is 0.273. The highest BCUT2D eigenvalue weighted by Crippen LogP contribution is 2.23. The molecule has 5 nitrogen and oxygen atoms in total. The Kier molecular flexibility index (Phi) is 5.94. The van der Waals surface area contributed by atoms with E-state index >= 15 is 0 Å². The number of amides is 1. The van der Waals surface area contributed by atoms with Gasteiger partial charge in [0.25, 0.3) is 0 Å². The standard InChI is InChI=1S/C18H24N2O3S/c1-12(2)18(3,11-17(22)23)20-15(21)9-6-10-16-19-13-7-4-5-8-14(13)24-16/h4-5,7-8,12H,6,9-11H2,1-3H3,(H,20,21)(H,22,23). The Morgan fingerprint density at radius 2 is 2.04 bits per heavy atom. The van der Waals surface area contributed by atoms with E-state index in [-0.39, 0.29) is 18.2 Å². The summed E-state index contributed by atoms with van der Waals surface area (Å²) in [7, 11) is 0. The maximum Gasteiger partial charge on any atom is 0.305 e. The average Bonchev–Trinajstić information content (AvgIpc) is 2.88. The summed E-state index contributed by atoms with van der Waals surface area (Å²) in [6.07, 6.45) is 1.75. The molecule has 0 saturated heterocycles. The van der Waals surface area contributed by atoms with Crippen LogP contribution in [0.15, 0.2) is 24.3 Å². The molecule has 2 N–H and O–H groups in total. The lowest BCUT2D eigenvalue weighted by molar-refractivity contribution is -0.139. The molecule has 1 aromatic carbocycles. The Bertz CT molecular complexity index is 693. The molecule has 0 fully saturated rings. The number of nitrogens with zero attached hydrogens (tertiary/aromatic N) is 1. The van der Waals surface area contributed by atoms with E-state index in [1.165, 1.54) is 0 Å². The zero-order valence-electron chi connectivity index (χ0n) is 14.3. The van der Waals surface area contributed by atoms with Crippen LogP contribution in [0.25, 0.3) is 10.2 Å². The van der Waals surface area contributed by atoms with Gasteiger partial charge in [0.1, 0.15) is 0 Å². The Labute approximate surface area is 146 Å². The van der Waals surface area contributed by atoms with E-state index in [0.717, 1.165) is 21.6 Å². The fraction of sp³-hybridized carbons (Fsp3) is 0.500. The monoisotopic (exact) mass is 348 g/mol. The third kappa shape index (κ3) is 4.77. The van der Waals surface area contributed by atoms with Crippen molar-refractivity contribution in [2.24, 2.45) is 5.92 Å². The molecule has 0 spiro atoms. The van der Waals surface area contributed by atoms with Gasteiger partial charge in [0, 0.05) is 12.0 Å². The number of hydrogen-bond donors (Lipinski definition) is 2. The molecule has 0 aliphatic rings. The molecule has 0 saturated carbocycles. The average molecular weight is 348 g/mol. The van der Waals surface area contributed by atoms with Crippen LogP contribution in [0.1, 0.15) is 45.0 Å². The maximum absolute atomic E-state index is 12.2. The van der Waals surface area contributed by atoms with Crippen LogP contribution in [0.5, 0.6) is 0 Å². The third-order valence-corrected chi connectivity index (χ3v) is 5.45. The third-order valence-electron chi connectivity index (χ3n) is 4.35. The van der Waals surface area contributed by atoms with E-state index in [1.54, 1.807) is 18.3 Å². The second-order valence-electron chi connectivity index (χ2n) is 6.62. The largest absolute Gasteiger partial charge is 0.481 e. The molecule has 1 amide bonds. The minimum absolute atomic E-state index is 0.0433. The Morgan fingerprint density at radius 1 is 1.33 bits per heavy atom. The number of rotatable bonds is 8. The molecule has 0 aliphatic heterocycles. The molecular weight excluding hydrogens is 324 g/mol. The topological polar surface area (TPSA) is 79.3 Å². The van der Waals surface area contributed by atoms with Crippen molar-refractivity contribution in [2.75, 3.05) is 0 Å². The van der Waals surface area contributed by atoms with Crippen molar-refractivity contribution in [1.82, 2.24) is 10.3 Å². The normalized spacial score (nSPS) is 13.8. The van der Waals surface area contributed by atoms with Gasteiger partial charge in [-0.3, -0.25) is 9.59 Å². The van der Waals surface area contributed by atoms with Gasteiger partial charge in [0.15, 0.2) is 0 Å². The number of carbonyl (C=O) groups excluding carboxylic acids is 1. The first-order valence-electron chi connectivity index (χ1n) is 8.17. The summed E-state index contributed by atoms with van der Waals surface area (Å²) < 4.78 is 1.16. The van der Waals surface area contributed by atoms with Crippen LogP contribution >= 0.6 is 11.3 Å². The van der Waals surface area contributed by atoms with Crippen LogP contribution in [0, 0.1) is 5.92 Å². The molecule has 0 radical (unpaired) electrons. The molecule has 130 valence electrons. The summed E-state index contributed by atoms with van der Waals surface area (Å²) in [4.78, 5) is 27.8. The van der Waals surface area contributed by atoms with Crippen LogP contribution < -0.4 is 5.32 Å². The van der Waals surface area contributed by atoms with E-state index in [2.05, 4.69) is 10.3 Å². The Morgan fingerprint density at radius 3 is 2.67 bits per heavy atom. The lowest BCUT2D eigenvalue weighted by Crippen LogP contribution is -2.51. The van der Waals surface area contributed by atoms with Crippen LogP contribution in [0.4, 0.5) is 0 Å². The van der Waals surface area contributed by atoms with Crippen LogP contribution in [0.2, 0.25) is 0 Å². The number of fused-ring (bicyclic) bond motifs is 1. The van der Waals surface area contributed by atoms with Crippen LogP contribution in [0.3, 0.4) is 0 Å². The first-order valence-corrected chi connectivity index (χ1v) is 8.99. The summed E-state index contributed by atoms with van der Waals surface area (Å²) in [5, 5.41) is 13.0. The van der Waals surface area contributed by atoms with Crippen molar-refractivity contribution < 1.29 is 14.7 Å². The van der Waals surface area contributed by atoms with Gasteiger partial charge in [-0.05, 0) is 37.8 Å². The Hall–Kier alpha value is -1.95. The number of para-hydroxylation sites is 1. The van der Waals surface area contributed by atoms with Crippen LogP contribution in [-0.2, 0) is 16.0 Å². The van der Waals surface area contributed by atoms with E-state index in [9.17, 15) is 9.59 Å². The zero-order chi connectivity index (χ0) is 17.7.